The lowest BCUT2D eigenvalue weighted by molar-refractivity contribution is 0.110. The Morgan fingerprint density at radius 2 is 2.31 bits per heavy atom. The molecule has 1 heterocycles. The molecular formula is C13H17BrO2. The van der Waals surface area contributed by atoms with Crippen LogP contribution in [-0.4, -0.2) is 19.8 Å². The van der Waals surface area contributed by atoms with Crippen LogP contribution in [0.15, 0.2) is 18.2 Å². The third kappa shape index (κ3) is 2.41. The Labute approximate surface area is 105 Å². The van der Waals surface area contributed by atoms with Gasteiger partial charge in [0.05, 0.1) is 18.0 Å². The molecule has 88 valence electrons. The standard InChI is InChI=1S/C13H17BrO2/c1-9-8-10(15-2)5-6-11(9)13(14)12-4-3-7-16-12/h5-6,8,12-13H,3-4,7H2,1-2H3. The van der Waals surface area contributed by atoms with Gasteiger partial charge < -0.3 is 9.47 Å². The first-order valence-electron chi connectivity index (χ1n) is 5.62. The fourth-order valence-electron chi connectivity index (χ4n) is 2.12. The van der Waals surface area contributed by atoms with Crippen molar-refractivity contribution >= 4 is 15.9 Å². The van der Waals surface area contributed by atoms with E-state index < -0.39 is 0 Å². The van der Waals surface area contributed by atoms with E-state index in [0.29, 0.717) is 10.9 Å². The van der Waals surface area contributed by atoms with Crippen molar-refractivity contribution in [3.63, 3.8) is 0 Å². The first-order chi connectivity index (χ1) is 7.72. The molecule has 0 saturated carbocycles. The van der Waals surface area contributed by atoms with Gasteiger partial charge in [0.15, 0.2) is 0 Å². The van der Waals surface area contributed by atoms with Crippen molar-refractivity contribution in [2.24, 2.45) is 0 Å². The Kier molecular flexibility index (Phi) is 3.87. The van der Waals surface area contributed by atoms with Crippen molar-refractivity contribution in [3.8, 4) is 5.75 Å². The van der Waals surface area contributed by atoms with Gasteiger partial charge in [-0.3, -0.25) is 0 Å². The molecule has 2 nitrogen and oxygen atoms in total. The minimum absolute atomic E-state index is 0.293. The fraction of sp³-hybridized carbons (Fsp3) is 0.538. The van der Waals surface area contributed by atoms with E-state index in [-0.39, 0.29) is 0 Å². The molecule has 0 spiro atoms. The van der Waals surface area contributed by atoms with Crippen LogP contribution in [0.3, 0.4) is 0 Å². The van der Waals surface area contributed by atoms with Crippen LogP contribution in [0.2, 0.25) is 0 Å². The molecule has 2 unspecified atom stereocenters. The second-order valence-corrected chi connectivity index (χ2v) is 5.16. The van der Waals surface area contributed by atoms with E-state index in [0.717, 1.165) is 18.8 Å². The normalized spacial score (nSPS) is 22.1. The average Bonchev–Trinajstić information content (AvgIpc) is 2.81. The van der Waals surface area contributed by atoms with Crippen molar-refractivity contribution in [2.75, 3.05) is 13.7 Å². The van der Waals surface area contributed by atoms with Crippen molar-refractivity contribution in [1.82, 2.24) is 0 Å². The van der Waals surface area contributed by atoms with Crippen LogP contribution in [0.25, 0.3) is 0 Å². The van der Waals surface area contributed by atoms with Gasteiger partial charge in [0.1, 0.15) is 5.75 Å². The second-order valence-electron chi connectivity index (χ2n) is 4.18. The number of rotatable bonds is 3. The summed E-state index contributed by atoms with van der Waals surface area (Å²) in [6, 6.07) is 6.19. The maximum atomic E-state index is 5.70. The number of methoxy groups -OCH3 is 1. The lowest BCUT2D eigenvalue weighted by atomic mass is 10.0. The summed E-state index contributed by atoms with van der Waals surface area (Å²) in [6.45, 7) is 3.00. The van der Waals surface area contributed by atoms with Gasteiger partial charge in [0, 0.05) is 6.61 Å². The zero-order chi connectivity index (χ0) is 11.5. The van der Waals surface area contributed by atoms with E-state index >= 15 is 0 Å². The molecule has 1 aliphatic heterocycles. The monoisotopic (exact) mass is 284 g/mol. The Morgan fingerprint density at radius 3 is 2.88 bits per heavy atom. The maximum absolute atomic E-state index is 5.70. The molecule has 1 saturated heterocycles. The molecule has 0 radical (unpaired) electrons. The quantitative estimate of drug-likeness (QED) is 0.790. The number of aryl methyl sites for hydroxylation is 1. The highest BCUT2D eigenvalue weighted by molar-refractivity contribution is 9.09. The molecule has 2 atom stereocenters. The Bertz CT molecular complexity index is 359. The molecule has 0 amide bonds. The van der Waals surface area contributed by atoms with E-state index in [1.165, 1.54) is 17.5 Å². The Morgan fingerprint density at radius 1 is 1.50 bits per heavy atom. The highest BCUT2D eigenvalue weighted by Gasteiger charge is 2.26. The largest absolute Gasteiger partial charge is 0.497 e. The predicted molar refractivity (Wildman–Crippen MR) is 68.4 cm³/mol. The fourth-order valence-corrected chi connectivity index (χ4v) is 3.05. The minimum atomic E-state index is 0.293. The summed E-state index contributed by atoms with van der Waals surface area (Å²) in [5, 5.41) is 0. The summed E-state index contributed by atoms with van der Waals surface area (Å²) in [6.07, 6.45) is 2.62. The van der Waals surface area contributed by atoms with E-state index in [1.54, 1.807) is 7.11 Å². The van der Waals surface area contributed by atoms with Gasteiger partial charge in [0.25, 0.3) is 0 Å². The maximum Gasteiger partial charge on any atom is 0.119 e. The van der Waals surface area contributed by atoms with Gasteiger partial charge in [0.2, 0.25) is 0 Å². The molecule has 3 heteroatoms. The molecule has 1 aromatic carbocycles. The zero-order valence-electron chi connectivity index (χ0n) is 9.70. The predicted octanol–water partition coefficient (Wildman–Crippen LogP) is 3.62. The van der Waals surface area contributed by atoms with E-state index in [4.69, 9.17) is 9.47 Å². The van der Waals surface area contributed by atoms with E-state index in [9.17, 15) is 0 Å². The van der Waals surface area contributed by atoms with Crippen LogP contribution in [0.1, 0.15) is 28.8 Å². The number of halogens is 1. The van der Waals surface area contributed by atoms with Crippen LogP contribution in [0.5, 0.6) is 5.75 Å². The SMILES string of the molecule is COc1ccc(C(Br)C2CCCO2)c(C)c1. The van der Waals surface area contributed by atoms with Gasteiger partial charge in [-0.05, 0) is 43.0 Å². The van der Waals surface area contributed by atoms with Gasteiger partial charge in [-0.2, -0.15) is 0 Å². The van der Waals surface area contributed by atoms with Gasteiger partial charge in [-0.1, -0.05) is 22.0 Å². The smallest absolute Gasteiger partial charge is 0.119 e. The third-order valence-electron chi connectivity index (χ3n) is 3.07. The Hall–Kier alpha value is -0.540. The first-order valence-corrected chi connectivity index (χ1v) is 6.54. The summed E-state index contributed by atoms with van der Waals surface area (Å²) in [5.74, 6) is 0.910. The number of alkyl halides is 1. The summed E-state index contributed by atoms with van der Waals surface area (Å²) >= 11 is 3.74. The molecule has 0 bridgehead atoms. The van der Waals surface area contributed by atoms with Crippen molar-refractivity contribution < 1.29 is 9.47 Å². The molecule has 2 rings (SSSR count). The second kappa shape index (κ2) is 5.19. The van der Waals surface area contributed by atoms with Gasteiger partial charge >= 0.3 is 0 Å². The summed E-state index contributed by atoms with van der Waals surface area (Å²) in [7, 11) is 1.69. The number of hydrogen-bond donors (Lipinski definition) is 0. The van der Waals surface area contributed by atoms with Crippen LogP contribution in [0.4, 0.5) is 0 Å². The van der Waals surface area contributed by atoms with Crippen LogP contribution in [-0.2, 0) is 4.74 Å². The highest BCUT2D eigenvalue weighted by Crippen LogP contribution is 2.36. The van der Waals surface area contributed by atoms with Crippen LogP contribution < -0.4 is 4.74 Å². The Balaban J connectivity index is 2.19. The topological polar surface area (TPSA) is 18.5 Å². The molecule has 1 aromatic rings. The minimum Gasteiger partial charge on any atom is -0.497 e. The van der Waals surface area contributed by atoms with Gasteiger partial charge in [-0.15, -0.1) is 0 Å². The van der Waals surface area contributed by atoms with Crippen LogP contribution in [0, 0.1) is 6.92 Å². The number of ether oxygens (including phenoxy) is 2. The summed E-state index contributed by atoms with van der Waals surface area (Å²) in [4.78, 5) is 0.293. The van der Waals surface area contributed by atoms with E-state index in [2.05, 4.69) is 35.0 Å². The molecule has 1 fully saturated rings. The number of hydrogen-bond acceptors (Lipinski definition) is 2. The molecule has 0 N–H and O–H groups in total. The van der Waals surface area contributed by atoms with Crippen LogP contribution >= 0.6 is 15.9 Å². The third-order valence-corrected chi connectivity index (χ3v) is 4.15. The average molecular weight is 285 g/mol. The summed E-state index contributed by atoms with van der Waals surface area (Å²) in [5.41, 5.74) is 2.55. The number of benzene rings is 1. The molecular weight excluding hydrogens is 268 g/mol. The molecule has 16 heavy (non-hydrogen) atoms. The lowest BCUT2D eigenvalue weighted by Gasteiger charge is -2.19. The zero-order valence-corrected chi connectivity index (χ0v) is 11.3. The molecule has 1 aliphatic rings. The van der Waals surface area contributed by atoms with Gasteiger partial charge in [-0.25, -0.2) is 0 Å². The highest BCUT2D eigenvalue weighted by atomic mass is 79.9. The molecule has 0 aliphatic carbocycles. The molecule has 0 aromatic heterocycles. The van der Waals surface area contributed by atoms with Crippen molar-refractivity contribution in [3.05, 3.63) is 29.3 Å². The summed E-state index contributed by atoms with van der Waals surface area (Å²) < 4.78 is 10.9. The van der Waals surface area contributed by atoms with E-state index in [1.807, 2.05) is 6.07 Å². The lowest BCUT2D eigenvalue weighted by Crippen LogP contribution is -2.13. The first kappa shape index (κ1) is 11.9. The van der Waals surface area contributed by atoms with Crippen molar-refractivity contribution in [2.45, 2.75) is 30.7 Å². The van der Waals surface area contributed by atoms with Crippen molar-refractivity contribution in [1.29, 1.82) is 0 Å².